The fourth-order valence-electron chi connectivity index (χ4n) is 6.82. The molecule has 0 radical (unpaired) electrons. The van der Waals surface area contributed by atoms with Crippen molar-refractivity contribution in [2.24, 2.45) is 5.92 Å². The molecule has 3 aromatic carbocycles. The fraction of sp³-hybridized carbons (Fsp3) is 0.378. The lowest BCUT2D eigenvalue weighted by atomic mass is 9.78. The highest BCUT2D eigenvalue weighted by atomic mass is 15.2. The molecule has 4 heteroatoms. The zero-order valence-electron chi connectivity index (χ0n) is 25.3. The highest BCUT2D eigenvalue weighted by Crippen LogP contribution is 2.50. The molecule has 0 aliphatic carbocycles. The molecule has 2 aliphatic rings. The highest BCUT2D eigenvalue weighted by molar-refractivity contribution is 6.07. The summed E-state index contributed by atoms with van der Waals surface area (Å²) < 4.78 is 2.53. The van der Waals surface area contributed by atoms with Crippen LogP contribution in [-0.2, 0) is 10.8 Å². The van der Waals surface area contributed by atoms with E-state index < -0.39 is 5.41 Å². The predicted molar refractivity (Wildman–Crippen MR) is 170 cm³/mol. The van der Waals surface area contributed by atoms with Crippen LogP contribution in [0.3, 0.4) is 0 Å². The summed E-state index contributed by atoms with van der Waals surface area (Å²) in [5.74, 6) is 0.611. The van der Waals surface area contributed by atoms with Gasteiger partial charge in [0, 0.05) is 47.5 Å². The van der Waals surface area contributed by atoms with E-state index in [0.717, 1.165) is 42.9 Å². The van der Waals surface area contributed by atoms with Crippen molar-refractivity contribution in [3.8, 4) is 12.1 Å². The minimum absolute atomic E-state index is 0.165. The van der Waals surface area contributed by atoms with Crippen molar-refractivity contribution < 1.29 is 4.58 Å². The molecule has 0 bridgehead atoms. The monoisotopic (exact) mass is 541 g/mol. The Bertz CT molecular complexity index is 1670. The summed E-state index contributed by atoms with van der Waals surface area (Å²) in [6, 6.07) is 23.9. The van der Waals surface area contributed by atoms with E-state index >= 15 is 0 Å². The van der Waals surface area contributed by atoms with Crippen molar-refractivity contribution in [3.63, 3.8) is 0 Å². The molecule has 2 aliphatic heterocycles. The van der Waals surface area contributed by atoms with Crippen molar-refractivity contribution >= 4 is 27.9 Å². The molecule has 0 aromatic heterocycles. The molecule has 0 fully saturated rings. The Hall–Kier alpha value is -4.15. The molecular formula is C37H41N4+. The molecule has 0 saturated heterocycles. The van der Waals surface area contributed by atoms with Crippen LogP contribution in [0, 0.1) is 28.6 Å². The van der Waals surface area contributed by atoms with Gasteiger partial charge < -0.3 is 4.90 Å². The Morgan fingerprint density at radius 1 is 1.02 bits per heavy atom. The molecule has 5 rings (SSSR count). The van der Waals surface area contributed by atoms with Crippen molar-refractivity contribution in [1.82, 2.24) is 0 Å². The lowest BCUT2D eigenvalue weighted by Gasteiger charge is -2.28. The van der Waals surface area contributed by atoms with E-state index in [1.165, 1.54) is 27.7 Å². The first kappa shape index (κ1) is 28.4. The third-order valence-corrected chi connectivity index (χ3v) is 8.94. The van der Waals surface area contributed by atoms with Gasteiger partial charge in [-0.15, -0.1) is 0 Å². The van der Waals surface area contributed by atoms with Gasteiger partial charge in [-0.25, -0.2) is 0 Å². The maximum Gasteiger partial charge on any atom is 0.210 e. The summed E-state index contributed by atoms with van der Waals surface area (Å²) in [6.45, 7) is 15.4. The minimum atomic E-state index is -0.483. The largest absolute Gasteiger partial charge is 0.344 e. The molecule has 2 heterocycles. The molecule has 208 valence electrons. The van der Waals surface area contributed by atoms with Crippen molar-refractivity contribution in [3.05, 3.63) is 95.2 Å². The summed E-state index contributed by atoms with van der Waals surface area (Å²) in [5.41, 5.74) is 7.28. The maximum atomic E-state index is 9.88. The van der Waals surface area contributed by atoms with Gasteiger partial charge in [0.05, 0.1) is 29.5 Å². The second-order valence-corrected chi connectivity index (χ2v) is 12.6. The number of nitrogens with zero attached hydrogens (tertiary/aromatic N) is 4. The Balaban J connectivity index is 1.63. The fourth-order valence-corrected chi connectivity index (χ4v) is 6.82. The van der Waals surface area contributed by atoms with E-state index in [1.54, 1.807) is 0 Å². The summed E-state index contributed by atoms with van der Waals surface area (Å²) in [5, 5.41) is 22.1. The van der Waals surface area contributed by atoms with Gasteiger partial charge in [-0.05, 0) is 79.8 Å². The van der Waals surface area contributed by atoms with E-state index in [1.807, 2.05) is 18.2 Å². The van der Waals surface area contributed by atoms with Gasteiger partial charge in [0.15, 0.2) is 5.71 Å². The average molecular weight is 542 g/mol. The highest BCUT2D eigenvalue weighted by Gasteiger charge is 2.46. The van der Waals surface area contributed by atoms with Gasteiger partial charge in [0.1, 0.15) is 6.54 Å². The normalized spacial score (nSPS) is 20.2. The first-order valence-corrected chi connectivity index (χ1v) is 14.9. The Kier molecular flexibility index (Phi) is 7.63. The molecule has 1 atom stereocenters. The van der Waals surface area contributed by atoms with Gasteiger partial charge in [-0.1, -0.05) is 51.1 Å². The van der Waals surface area contributed by atoms with Crippen LogP contribution in [0.25, 0.3) is 10.8 Å². The lowest BCUT2D eigenvalue weighted by Crippen LogP contribution is -2.29. The Morgan fingerprint density at radius 2 is 1.80 bits per heavy atom. The molecule has 41 heavy (non-hydrogen) atoms. The second-order valence-electron chi connectivity index (χ2n) is 12.6. The molecule has 0 N–H and O–H groups in total. The molecule has 1 unspecified atom stereocenters. The molecular weight excluding hydrogens is 500 g/mol. The summed E-state index contributed by atoms with van der Waals surface area (Å²) in [6.07, 6.45) is 9.15. The van der Waals surface area contributed by atoms with Crippen molar-refractivity contribution in [1.29, 1.82) is 10.5 Å². The van der Waals surface area contributed by atoms with Crippen LogP contribution in [-0.4, -0.2) is 23.4 Å². The maximum absolute atomic E-state index is 9.88. The van der Waals surface area contributed by atoms with E-state index in [-0.39, 0.29) is 5.41 Å². The lowest BCUT2D eigenvalue weighted by molar-refractivity contribution is -0.439. The predicted octanol–water partition coefficient (Wildman–Crippen LogP) is 8.68. The zero-order chi connectivity index (χ0) is 29.4. The Labute approximate surface area is 245 Å². The quantitative estimate of drug-likeness (QED) is 0.268. The average Bonchev–Trinajstić information content (AvgIpc) is 3.31. The number of nitriles is 2. The van der Waals surface area contributed by atoms with Crippen LogP contribution in [0.1, 0.15) is 77.5 Å². The summed E-state index contributed by atoms with van der Waals surface area (Å²) >= 11 is 0. The summed E-state index contributed by atoms with van der Waals surface area (Å²) in [7, 11) is 0. The van der Waals surface area contributed by atoms with Crippen LogP contribution in [0.2, 0.25) is 0 Å². The van der Waals surface area contributed by atoms with Crippen molar-refractivity contribution in [2.45, 2.75) is 71.6 Å². The number of hydrogen-bond donors (Lipinski definition) is 0. The van der Waals surface area contributed by atoms with Crippen LogP contribution in [0.4, 0.5) is 11.4 Å². The third-order valence-electron chi connectivity index (χ3n) is 8.94. The number of rotatable bonds is 8. The zero-order valence-corrected chi connectivity index (χ0v) is 25.3. The number of hydrogen-bond acceptors (Lipinski definition) is 3. The van der Waals surface area contributed by atoms with Gasteiger partial charge in [-0.3, -0.25) is 0 Å². The van der Waals surface area contributed by atoms with E-state index in [4.69, 9.17) is 0 Å². The van der Waals surface area contributed by atoms with Gasteiger partial charge in [-0.2, -0.15) is 15.1 Å². The third kappa shape index (κ3) is 4.76. The first-order valence-electron chi connectivity index (χ1n) is 14.9. The van der Waals surface area contributed by atoms with Crippen LogP contribution in [0.5, 0.6) is 0 Å². The topological polar surface area (TPSA) is 53.8 Å². The van der Waals surface area contributed by atoms with Crippen LogP contribution in [0.15, 0.2) is 78.5 Å². The number of allylic oxidation sites excluding steroid dienone is 4. The molecule has 0 spiro atoms. The Morgan fingerprint density at radius 3 is 2.51 bits per heavy atom. The van der Waals surface area contributed by atoms with Gasteiger partial charge >= 0.3 is 0 Å². The standard InChI is InChI=1S/C37H41N4/c1-7-22-40-31-17-15-27(25-39)24-30(31)37(6,20-21-38)34(40)14-10-13-33-36(4,5)35-29-12-9-8-11-28(29)16-18-32(35)41(33)23-19-26(2)3/h8-18,24,26H,7,19-20,22-23H2,1-6H3/q+1. The van der Waals surface area contributed by atoms with E-state index in [2.05, 4.69) is 118 Å². The number of fused-ring (bicyclic) bond motifs is 4. The van der Waals surface area contributed by atoms with Crippen LogP contribution >= 0.6 is 0 Å². The molecule has 4 nitrogen and oxygen atoms in total. The smallest absolute Gasteiger partial charge is 0.210 e. The van der Waals surface area contributed by atoms with Gasteiger partial charge in [0.25, 0.3) is 0 Å². The van der Waals surface area contributed by atoms with Crippen molar-refractivity contribution in [2.75, 3.05) is 18.0 Å². The number of benzene rings is 3. The van der Waals surface area contributed by atoms with E-state index in [0.29, 0.717) is 17.9 Å². The van der Waals surface area contributed by atoms with Gasteiger partial charge in [0.2, 0.25) is 5.69 Å². The molecule has 0 amide bonds. The minimum Gasteiger partial charge on any atom is -0.344 e. The molecule has 0 saturated carbocycles. The number of anilines is 1. The second kappa shape index (κ2) is 11.0. The summed E-state index contributed by atoms with van der Waals surface area (Å²) in [4.78, 5) is 2.35. The SMILES string of the molecule is CCCN1C(=CC=CC2=[N+](CCC(C)C)c3ccc4ccccc4c3C2(C)C)C(C)(CC#N)c2cc(C#N)ccc21. The van der Waals surface area contributed by atoms with Crippen LogP contribution < -0.4 is 4.90 Å². The molecule has 3 aromatic rings. The first-order chi connectivity index (χ1) is 19.7. The van der Waals surface area contributed by atoms with E-state index in [9.17, 15) is 10.5 Å².